The van der Waals surface area contributed by atoms with Gasteiger partial charge in [-0.15, -0.1) is 0 Å². The fourth-order valence-corrected chi connectivity index (χ4v) is 7.40. The van der Waals surface area contributed by atoms with Crippen LogP contribution in [0.25, 0.3) is 5.76 Å². The molecule has 1 aromatic rings. The number of nitrogens with two attached hydrogens (primary N) is 1. The molecule has 11 nitrogen and oxygen atoms in total. The SMILES string of the molecule is CN(C)c1cc(CN2CCCCCC2)c(O)c2c1C[C@H]1C[C@H]3[C@H](N(C)C)C(=O)C(C(N)=O)=C(O)[C@@]3(O)C(=O)C1=C2O. The highest BCUT2D eigenvalue weighted by molar-refractivity contribution is 6.24. The first-order valence-corrected chi connectivity index (χ1v) is 14.2. The number of hydrogen-bond acceptors (Lipinski definition) is 10. The summed E-state index contributed by atoms with van der Waals surface area (Å²) in [6.07, 6.45) is 4.79. The van der Waals surface area contributed by atoms with Gasteiger partial charge in [0.15, 0.2) is 11.4 Å². The van der Waals surface area contributed by atoms with Gasteiger partial charge in [0.2, 0.25) is 5.78 Å². The Morgan fingerprint density at radius 3 is 2.27 bits per heavy atom. The number of hydrogen-bond donors (Lipinski definition) is 5. The predicted octanol–water partition coefficient (Wildman–Crippen LogP) is 1.41. The van der Waals surface area contributed by atoms with Crippen LogP contribution in [-0.2, 0) is 27.3 Å². The van der Waals surface area contributed by atoms with Crippen LogP contribution in [-0.4, -0.2) is 101 Å². The Morgan fingerprint density at radius 1 is 1.07 bits per heavy atom. The molecule has 4 atom stereocenters. The minimum absolute atomic E-state index is 0.0644. The van der Waals surface area contributed by atoms with Crippen LogP contribution in [0.2, 0.25) is 0 Å². The van der Waals surface area contributed by atoms with Crippen LogP contribution in [0.5, 0.6) is 5.75 Å². The number of anilines is 1. The highest BCUT2D eigenvalue weighted by Gasteiger charge is 2.64. The molecular formula is C30H40N4O7. The van der Waals surface area contributed by atoms with Gasteiger partial charge >= 0.3 is 0 Å². The third-order valence-electron chi connectivity index (χ3n) is 9.35. The van der Waals surface area contributed by atoms with Crippen LogP contribution in [0.4, 0.5) is 5.69 Å². The fraction of sp³-hybridized carbons (Fsp3) is 0.567. The number of Topliss-reactive ketones (excluding diaryl/α,β-unsaturated/α-hetero) is 2. The number of likely N-dealkylation sites (N-methyl/N-ethyl adjacent to an activating group) is 1. The van der Waals surface area contributed by atoms with Crippen molar-refractivity contribution in [2.24, 2.45) is 17.6 Å². The van der Waals surface area contributed by atoms with Crippen molar-refractivity contribution in [3.05, 3.63) is 39.7 Å². The highest BCUT2D eigenvalue weighted by atomic mass is 16.3. The smallest absolute Gasteiger partial charge is 0.255 e. The summed E-state index contributed by atoms with van der Waals surface area (Å²) in [6.45, 7) is 2.27. The topological polar surface area (TPSA) is 168 Å². The average molecular weight is 569 g/mol. The average Bonchev–Trinajstić information content (AvgIpc) is 3.16. The zero-order valence-electron chi connectivity index (χ0n) is 24.1. The van der Waals surface area contributed by atoms with Gasteiger partial charge in [-0.1, -0.05) is 12.8 Å². The van der Waals surface area contributed by atoms with Crippen molar-refractivity contribution < 1.29 is 34.8 Å². The molecule has 5 rings (SSSR count). The predicted molar refractivity (Wildman–Crippen MR) is 152 cm³/mol. The van der Waals surface area contributed by atoms with E-state index in [4.69, 9.17) is 5.73 Å². The summed E-state index contributed by atoms with van der Waals surface area (Å²) in [7, 11) is 6.92. The van der Waals surface area contributed by atoms with E-state index in [0.717, 1.165) is 44.5 Å². The van der Waals surface area contributed by atoms with E-state index in [1.165, 1.54) is 4.90 Å². The monoisotopic (exact) mass is 568 g/mol. The quantitative estimate of drug-likeness (QED) is 0.328. The lowest BCUT2D eigenvalue weighted by Crippen LogP contribution is -2.65. The minimum atomic E-state index is -2.64. The van der Waals surface area contributed by atoms with E-state index in [-0.39, 0.29) is 29.7 Å². The van der Waals surface area contributed by atoms with E-state index in [2.05, 4.69) is 4.90 Å². The summed E-state index contributed by atoms with van der Waals surface area (Å²) >= 11 is 0. The van der Waals surface area contributed by atoms with Crippen molar-refractivity contribution >= 4 is 28.9 Å². The number of amides is 1. The third-order valence-corrected chi connectivity index (χ3v) is 9.35. The second kappa shape index (κ2) is 10.5. The fourth-order valence-electron chi connectivity index (χ4n) is 7.40. The number of phenolic OH excluding ortho intramolecular Hbond substituents is 1. The van der Waals surface area contributed by atoms with E-state index in [0.29, 0.717) is 17.7 Å². The summed E-state index contributed by atoms with van der Waals surface area (Å²) in [5.74, 6) is -6.38. The Morgan fingerprint density at radius 2 is 1.71 bits per heavy atom. The third kappa shape index (κ3) is 4.41. The molecule has 1 saturated carbocycles. The molecular weight excluding hydrogens is 528 g/mol. The van der Waals surface area contributed by atoms with E-state index in [1.54, 1.807) is 14.1 Å². The number of benzene rings is 1. The van der Waals surface area contributed by atoms with Gasteiger partial charge in [-0.3, -0.25) is 24.2 Å². The van der Waals surface area contributed by atoms with Crippen molar-refractivity contribution in [3.63, 3.8) is 0 Å². The molecule has 0 unspecified atom stereocenters. The maximum Gasteiger partial charge on any atom is 0.255 e. The van der Waals surface area contributed by atoms with E-state index in [1.807, 2.05) is 25.1 Å². The second-order valence-electron chi connectivity index (χ2n) is 12.3. The number of nitrogens with zero attached hydrogens (tertiary/aromatic N) is 3. The Balaban J connectivity index is 1.68. The molecule has 0 bridgehead atoms. The number of ketones is 2. The van der Waals surface area contributed by atoms with Gasteiger partial charge in [0.25, 0.3) is 5.91 Å². The van der Waals surface area contributed by atoms with E-state index < -0.39 is 58.0 Å². The van der Waals surface area contributed by atoms with Crippen LogP contribution < -0.4 is 10.6 Å². The number of aliphatic hydroxyl groups excluding tert-OH is 2. The van der Waals surface area contributed by atoms with Gasteiger partial charge < -0.3 is 31.1 Å². The lowest BCUT2D eigenvalue weighted by molar-refractivity contribution is -0.153. The lowest BCUT2D eigenvalue weighted by Gasteiger charge is -2.50. The maximum atomic E-state index is 14.1. The van der Waals surface area contributed by atoms with Crippen LogP contribution in [0, 0.1) is 11.8 Å². The zero-order chi connectivity index (χ0) is 30.0. The first-order chi connectivity index (χ1) is 19.3. The molecule has 41 heavy (non-hydrogen) atoms. The molecule has 1 amide bonds. The summed E-state index contributed by atoms with van der Waals surface area (Å²) < 4.78 is 0. The number of primary amides is 1. The summed E-state index contributed by atoms with van der Waals surface area (Å²) in [6, 6.07) is 0.823. The molecule has 222 valence electrons. The Kier molecular flexibility index (Phi) is 7.42. The molecule has 6 N–H and O–H groups in total. The van der Waals surface area contributed by atoms with Crippen molar-refractivity contribution in [3.8, 4) is 5.75 Å². The highest BCUT2D eigenvalue weighted by Crippen LogP contribution is 2.54. The number of aromatic hydroxyl groups is 1. The molecule has 1 aliphatic heterocycles. The van der Waals surface area contributed by atoms with Crippen LogP contribution in [0.1, 0.15) is 48.8 Å². The summed E-state index contributed by atoms with van der Waals surface area (Å²) in [5.41, 5.74) is 4.03. The van der Waals surface area contributed by atoms with Crippen LogP contribution >= 0.6 is 0 Å². The van der Waals surface area contributed by atoms with Gasteiger partial charge in [0, 0.05) is 43.4 Å². The zero-order valence-corrected chi connectivity index (χ0v) is 24.1. The normalized spacial score (nSPS) is 28.8. The largest absolute Gasteiger partial charge is 0.508 e. The summed E-state index contributed by atoms with van der Waals surface area (Å²) in [5, 5.41) is 46.1. The molecule has 1 heterocycles. The molecule has 0 aromatic heterocycles. The van der Waals surface area contributed by atoms with Crippen molar-refractivity contribution in [1.29, 1.82) is 0 Å². The molecule has 3 aliphatic carbocycles. The number of aliphatic hydroxyl groups is 3. The molecule has 2 fully saturated rings. The van der Waals surface area contributed by atoms with Gasteiger partial charge in [-0.05, 0) is 70.4 Å². The Labute approximate surface area is 239 Å². The molecule has 0 spiro atoms. The van der Waals surface area contributed by atoms with Crippen LogP contribution in [0.15, 0.2) is 23.0 Å². The van der Waals surface area contributed by atoms with Crippen molar-refractivity contribution in [2.45, 2.75) is 56.7 Å². The Bertz CT molecular complexity index is 1370. The number of carbonyl (C=O) groups excluding carboxylic acids is 3. The van der Waals surface area contributed by atoms with Gasteiger partial charge in [-0.25, -0.2) is 0 Å². The molecule has 1 saturated heterocycles. The second-order valence-corrected chi connectivity index (χ2v) is 12.3. The first-order valence-electron chi connectivity index (χ1n) is 14.2. The first kappa shape index (κ1) is 29.1. The van der Waals surface area contributed by atoms with E-state index >= 15 is 0 Å². The number of fused-ring (bicyclic) bond motifs is 3. The van der Waals surface area contributed by atoms with Crippen LogP contribution in [0.3, 0.4) is 0 Å². The Hall–Kier alpha value is -3.41. The lowest BCUT2D eigenvalue weighted by atomic mass is 9.57. The van der Waals surface area contributed by atoms with Gasteiger partial charge in [0.1, 0.15) is 22.8 Å². The number of likely N-dealkylation sites (tertiary alicyclic amines) is 1. The number of rotatable bonds is 5. The van der Waals surface area contributed by atoms with Crippen molar-refractivity contribution in [1.82, 2.24) is 9.80 Å². The minimum Gasteiger partial charge on any atom is -0.508 e. The number of phenols is 1. The molecule has 11 heteroatoms. The summed E-state index contributed by atoms with van der Waals surface area (Å²) in [4.78, 5) is 45.2. The number of carbonyl (C=O) groups is 3. The molecule has 1 aromatic carbocycles. The molecule has 4 aliphatic rings. The van der Waals surface area contributed by atoms with E-state index in [9.17, 15) is 34.8 Å². The van der Waals surface area contributed by atoms with Crippen molar-refractivity contribution in [2.75, 3.05) is 46.2 Å². The van der Waals surface area contributed by atoms with Gasteiger partial charge in [0.05, 0.1) is 11.6 Å². The van der Waals surface area contributed by atoms with Gasteiger partial charge in [-0.2, -0.15) is 0 Å². The standard InChI is InChI=1S/C30H40N4O7/c1-32(2)19-13-16(14-34-9-7-5-6-8-10-34)24(35)21-17(19)11-15-12-18-23(33(3)4)26(37)22(29(31)40)28(39)30(18,41)27(38)20(15)25(21)36/h13,15,18,23,35-36,39,41H,5-12,14H2,1-4H3,(H2,31,40)/t15-,18-,23-,30-/m0/s1. The molecule has 0 radical (unpaired) electrons. The maximum absolute atomic E-state index is 14.1.